The minimum absolute atomic E-state index is 0.0664. The molecule has 0 aliphatic carbocycles. The van der Waals surface area contributed by atoms with Crippen molar-refractivity contribution in [3.8, 4) is 0 Å². The number of hydrogen-bond donors (Lipinski definition) is 3. The number of hydrazine groups is 1. The molecule has 0 aliphatic heterocycles. The van der Waals surface area contributed by atoms with E-state index in [0.717, 1.165) is 6.20 Å². The van der Waals surface area contributed by atoms with E-state index in [1.165, 1.54) is 4.90 Å². The molecule has 18 heavy (non-hydrogen) atoms. The van der Waals surface area contributed by atoms with Crippen LogP contribution in [0, 0.1) is 5.82 Å². The Labute approximate surface area is 105 Å². The minimum Gasteiger partial charge on any atom is -0.356 e. The van der Waals surface area contributed by atoms with Crippen molar-refractivity contribution in [1.29, 1.82) is 0 Å². The first-order valence-electron chi connectivity index (χ1n) is 5.50. The summed E-state index contributed by atoms with van der Waals surface area (Å²) < 4.78 is 13.4. The average molecular weight is 256 g/mol. The van der Waals surface area contributed by atoms with Crippen LogP contribution in [0.1, 0.15) is 13.8 Å². The van der Waals surface area contributed by atoms with E-state index in [4.69, 9.17) is 5.84 Å². The molecule has 0 spiro atoms. The van der Waals surface area contributed by atoms with Crippen molar-refractivity contribution in [3.05, 3.63) is 12.0 Å². The third-order valence-electron chi connectivity index (χ3n) is 2.45. The summed E-state index contributed by atoms with van der Waals surface area (Å²) in [4.78, 5) is 20.7. The van der Waals surface area contributed by atoms with Crippen molar-refractivity contribution >= 4 is 17.7 Å². The van der Waals surface area contributed by atoms with Gasteiger partial charge in [-0.1, -0.05) is 0 Å². The summed E-state index contributed by atoms with van der Waals surface area (Å²) in [6, 6.07) is -0.593. The molecule has 7 nitrogen and oxygen atoms in total. The maximum atomic E-state index is 13.4. The quantitative estimate of drug-likeness (QED) is 0.514. The van der Waals surface area contributed by atoms with E-state index in [0.29, 0.717) is 6.54 Å². The lowest BCUT2D eigenvalue weighted by Gasteiger charge is -2.21. The van der Waals surface area contributed by atoms with Gasteiger partial charge in [-0.25, -0.2) is 15.2 Å². The van der Waals surface area contributed by atoms with Gasteiger partial charge in [-0.05, 0) is 13.8 Å². The van der Waals surface area contributed by atoms with E-state index in [9.17, 15) is 9.18 Å². The van der Waals surface area contributed by atoms with Crippen LogP contribution in [0.3, 0.4) is 0 Å². The first kappa shape index (κ1) is 14.1. The molecule has 4 N–H and O–H groups in total. The summed E-state index contributed by atoms with van der Waals surface area (Å²) in [6.45, 7) is 4.06. The topological polar surface area (TPSA) is 96.2 Å². The maximum Gasteiger partial charge on any atom is 0.244 e. The van der Waals surface area contributed by atoms with Crippen molar-refractivity contribution < 1.29 is 9.18 Å². The summed E-state index contributed by atoms with van der Waals surface area (Å²) >= 11 is 0. The van der Waals surface area contributed by atoms with Crippen LogP contribution in [-0.2, 0) is 4.79 Å². The highest BCUT2D eigenvalue weighted by molar-refractivity contribution is 5.83. The van der Waals surface area contributed by atoms with E-state index >= 15 is 0 Å². The van der Waals surface area contributed by atoms with Gasteiger partial charge in [0.2, 0.25) is 11.9 Å². The molecule has 1 aromatic heterocycles. The zero-order valence-corrected chi connectivity index (χ0v) is 10.6. The molecule has 1 atom stereocenters. The van der Waals surface area contributed by atoms with Crippen molar-refractivity contribution in [1.82, 2.24) is 14.9 Å². The van der Waals surface area contributed by atoms with Gasteiger partial charge in [0.05, 0.1) is 6.20 Å². The summed E-state index contributed by atoms with van der Waals surface area (Å²) in [5, 5.41) is 2.69. The molecule has 0 radical (unpaired) electrons. The first-order chi connectivity index (χ1) is 8.49. The molecule has 1 heterocycles. The fourth-order valence-corrected chi connectivity index (χ4v) is 1.29. The monoisotopic (exact) mass is 256 g/mol. The minimum atomic E-state index is -0.646. The van der Waals surface area contributed by atoms with Gasteiger partial charge in [0.15, 0.2) is 11.6 Å². The van der Waals surface area contributed by atoms with E-state index < -0.39 is 11.9 Å². The van der Waals surface area contributed by atoms with E-state index in [-0.39, 0.29) is 17.7 Å². The SMILES string of the molecule is CCN(C)C(=O)C(C)Nc1nc(NN)ncc1F. The Balaban J connectivity index is 2.80. The van der Waals surface area contributed by atoms with Crippen LogP contribution in [0.15, 0.2) is 6.20 Å². The summed E-state index contributed by atoms with van der Waals surface area (Å²) in [6.07, 6.45) is 0.977. The van der Waals surface area contributed by atoms with Crippen LogP contribution >= 0.6 is 0 Å². The van der Waals surface area contributed by atoms with Gasteiger partial charge >= 0.3 is 0 Å². The number of carbonyl (C=O) groups is 1. The Morgan fingerprint density at radius 1 is 1.67 bits per heavy atom. The van der Waals surface area contributed by atoms with Gasteiger partial charge in [0.1, 0.15) is 6.04 Å². The van der Waals surface area contributed by atoms with Crippen LogP contribution in [0.2, 0.25) is 0 Å². The van der Waals surface area contributed by atoms with Crippen molar-refractivity contribution in [2.24, 2.45) is 5.84 Å². The van der Waals surface area contributed by atoms with Crippen molar-refractivity contribution in [2.45, 2.75) is 19.9 Å². The molecule has 1 amide bonds. The summed E-state index contributed by atoms with van der Waals surface area (Å²) in [5.41, 5.74) is 2.21. The van der Waals surface area contributed by atoms with Gasteiger partial charge in [-0.3, -0.25) is 10.2 Å². The molecule has 1 unspecified atom stereocenters. The lowest BCUT2D eigenvalue weighted by molar-refractivity contribution is -0.130. The molecule has 0 fully saturated rings. The molecule has 0 bridgehead atoms. The van der Waals surface area contributed by atoms with E-state index in [2.05, 4.69) is 20.7 Å². The van der Waals surface area contributed by atoms with Crippen molar-refractivity contribution in [2.75, 3.05) is 24.3 Å². The van der Waals surface area contributed by atoms with Crippen LogP contribution in [0.25, 0.3) is 0 Å². The van der Waals surface area contributed by atoms with Crippen LogP contribution in [0.5, 0.6) is 0 Å². The molecule has 0 saturated heterocycles. The number of amides is 1. The van der Waals surface area contributed by atoms with Gasteiger partial charge in [0.25, 0.3) is 0 Å². The molecule has 1 aromatic rings. The number of hydrogen-bond acceptors (Lipinski definition) is 6. The second kappa shape index (κ2) is 6.10. The largest absolute Gasteiger partial charge is 0.356 e. The molecular weight excluding hydrogens is 239 g/mol. The molecular formula is C10H17FN6O. The Morgan fingerprint density at radius 2 is 2.33 bits per heavy atom. The van der Waals surface area contributed by atoms with E-state index in [1.54, 1.807) is 14.0 Å². The number of nitrogens with zero attached hydrogens (tertiary/aromatic N) is 3. The number of nitrogen functional groups attached to an aromatic ring is 1. The summed E-state index contributed by atoms with van der Waals surface area (Å²) in [7, 11) is 1.67. The molecule has 100 valence electrons. The van der Waals surface area contributed by atoms with Crippen molar-refractivity contribution in [3.63, 3.8) is 0 Å². The zero-order chi connectivity index (χ0) is 13.7. The molecule has 1 rings (SSSR count). The lowest BCUT2D eigenvalue weighted by atomic mass is 10.3. The third-order valence-corrected chi connectivity index (χ3v) is 2.45. The molecule has 0 aromatic carbocycles. The second-order valence-electron chi connectivity index (χ2n) is 3.75. The summed E-state index contributed by atoms with van der Waals surface area (Å²) in [5.74, 6) is 4.33. The van der Waals surface area contributed by atoms with E-state index in [1.807, 2.05) is 6.92 Å². The van der Waals surface area contributed by atoms with Crippen LogP contribution < -0.4 is 16.6 Å². The highest BCUT2D eigenvalue weighted by Gasteiger charge is 2.18. The smallest absolute Gasteiger partial charge is 0.244 e. The Bertz CT molecular complexity index is 427. The average Bonchev–Trinajstić information content (AvgIpc) is 2.39. The number of rotatable bonds is 5. The highest BCUT2D eigenvalue weighted by Crippen LogP contribution is 2.12. The van der Waals surface area contributed by atoms with Crippen LogP contribution in [0.4, 0.5) is 16.2 Å². The van der Waals surface area contributed by atoms with Gasteiger partial charge in [-0.15, -0.1) is 0 Å². The van der Waals surface area contributed by atoms with Gasteiger partial charge in [-0.2, -0.15) is 4.98 Å². The normalized spacial score (nSPS) is 11.8. The third kappa shape index (κ3) is 3.27. The number of anilines is 2. The maximum absolute atomic E-state index is 13.4. The predicted molar refractivity (Wildman–Crippen MR) is 66.2 cm³/mol. The fourth-order valence-electron chi connectivity index (χ4n) is 1.29. The van der Waals surface area contributed by atoms with Gasteiger partial charge in [0, 0.05) is 13.6 Å². The number of halogens is 1. The molecule has 8 heteroatoms. The first-order valence-corrected chi connectivity index (χ1v) is 5.50. The fraction of sp³-hybridized carbons (Fsp3) is 0.500. The predicted octanol–water partition coefficient (Wildman–Crippen LogP) is 0.180. The highest BCUT2D eigenvalue weighted by atomic mass is 19.1. The number of aromatic nitrogens is 2. The molecule has 0 saturated carbocycles. The number of nitrogens with one attached hydrogen (secondary N) is 2. The lowest BCUT2D eigenvalue weighted by Crippen LogP contribution is -2.39. The Morgan fingerprint density at radius 3 is 2.89 bits per heavy atom. The number of carbonyl (C=O) groups excluding carboxylic acids is 1. The zero-order valence-electron chi connectivity index (χ0n) is 10.6. The second-order valence-corrected chi connectivity index (χ2v) is 3.75. The van der Waals surface area contributed by atoms with Gasteiger partial charge < -0.3 is 10.2 Å². The molecule has 0 aliphatic rings. The Hall–Kier alpha value is -1.96. The standard InChI is InChI=1S/C10H17FN6O/c1-4-17(3)9(18)6(2)14-8-7(11)5-13-10(15-8)16-12/h5-6H,4,12H2,1-3H3,(H2,13,14,15,16). The Kier molecular flexibility index (Phi) is 4.78. The van der Waals surface area contributed by atoms with Crippen LogP contribution in [-0.4, -0.2) is 40.4 Å². The number of likely N-dealkylation sites (N-methyl/N-ethyl adjacent to an activating group) is 1. The number of nitrogens with two attached hydrogens (primary N) is 1.